The Bertz CT molecular complexity index is 1510. The summed E-state index contributed by atoms with van der Waals surface area (Å²) in [5.41, 5.74) is -0.474. The molecule has 0 unspecified atom stereocenters. The largest absolute Gasteiger partial charge is 0.497 e. The molecule has 0 spiro atoms. The number of ketones is 2. The van der Waals surface area contributed by atoms with Gasteiger partial charge in [-0.3, -0.25) is 9.59 Å². The van der Waals surface area contributed by atoms with Gasteiger partial charge in [-0.05, 0) is 38.1 Å². The standard InChI is InChI=1S/C13H12O5.C12H10O4/c1-7(14)9-6-10-11(17-3)4-8(16-2)5-12(10)18-13(9)15;1-7(13)10-5-8-3-4-9(15-2)6-11(8)16-12(10)14/h4-6H,1-3H3;3-6H,1-2H3. The summed E-state index contributed by atoms with van der Waals surface area (Å²) in [7, 11) is 4.53. The topological polar surface area (TPSA) is 122 Å². The average molecular weight is 466 g/mol. The third-order valence-electron chi connectivity index (χ3n) is 4.95. The number of fused-ring (bicyclic) bond motifs is 2. The van der Waals surface area contributed by atoms with Crippen LogP contribution in [0.4, 0.5) is 0 Å². The van der Waals surface area contributed by atoms with Gasteiger partial charge in [0.2, 0.25) is 0 Å². The van der Waals surface area contributed by atoms with Gasteiger partial charge in [0.25, 0.3) is 0 Å². The van der Waals surface area contributed by atoms with Crippen LogP contribution in [-0.4, -0.2) is 32.9 Å². The predicted octanol–water partition coefficient (Wildman–Crippen LogP) is 4.02. The van der Waals surface area contributed by atoms with Gasteiger partial charge in [0.05, 0.1) is 26.7 Å². The van der Waals surface area contributed by atoms with Crippen LogP contribution in [0.5, 0.6) is 17.2 Å². The van der Waals surface area contributed by atoms with E-state index >= 15 is 0 Å². The predicted molar refractivity (Wildman–Crippen MR) is 125 cm³/mol. The summed E-state index contributed by atoms with van der Waals surface area (Å²) in [5.74, 6) is 0.954. The fourth-order valence-electron chi connectivity index (χ4n) is 3.16. The lowest BCUT2D eigenvalue weighted by Crippen LogP contribution is -2.11. The Morgan fingerprint density at radius 2 is 1.24 bits per heavy atom. The van der Waals surface area contributed by atoms with Crippen LogP contribution < -0.4 is 25.5 Å². The molecule has 4 aromatic rings. The number of Topliss-reactive ketones (excluding diaryl/α,β-unsaturated/α-hetero) is 2. The zero-order valence-electron chi connectivity index (χ0n) is 19.2. The van der Waals surface area contributed by atoms with E-state index in [1.54, 1.807) is 30.3 Å². The number of rotatable bonds is 5. The van der Waals surface area contributed by atoms with E-state index in [1.807, 2.05) is 0 Å². The first-order valence-corrected chi connectivity index (χ1v) is 10.0. The van der Waals surface area contributed by atoms with E-state index in [4.69, 9.17) is 23.0 Å². The molecule has 0 bridgehead atoms. The molecule has 9 nitrogen and oxygen atoms in total. The van der Waals surface area contributed by atoms with E-state index in [1.165, 1.54) is 47.3 Å². The molecule has 0 N–H and O–H groups in total. The van der Waals surface area contributed by atoms with Crippen molar-refractivity contribution in [2.24, 2.45) is 0 Å². The minimum atomic E-state index is -0.662. The van der Waals surface area contributed by atoms with Gasteiger partial charge in [0, 0.05) is 23.6 Å². The molecule has 34 heavy (non-hydrogen) atoms. The summed E-state index contributed by atoms with van der Waals surface area (Å²) in [6.07, 6.45) is 0. The maximum Gasteiger partial charge on any atom is 0.347 e. The third kappa shape index (κ3) is 4.98. The van der Waals surface area contributed by atoms with Crippen LogP contribution in [0.2, 0.25) is 0 Å². The molecule has 0 aliphatic rings. The summed E-state index contributed by atoms with van der Waals surface area (Å²) < 4.78 is 25.4. The molecular weight excluding hydrogens is 444 g/mol. The highest BCUT2D eigenvalue weighted by molar-refractivity contribution is 5.98. The fraction of sp³-hybridized carbons (Fsp3) is 0.200. The molecule has 0 aliphatic heterocycles. The van der Waals surface area contributed by atoms with Crippen LogP contribution in [0.15, 0.2) is 60.9 Å². The normalized spacial score (nSPS) is 10.4. The van der Waals surface area contributed by atoms with Crippen molar-refractivity contribution in [3.8, 4) is 17.2 Å². The molecule has 176 valence electrons. The molecule has 9 heteroatoms. The molecule has 2 aromatic heterocycles. The number of hydrogen-bond donors (Lipinski definition) is 0. The van der Waals surface area contributed by atoms with Crippen LogP contribution in [0.1, 0.15) is 34.6 Å². The molecule has 0 aliphatic carbocycles. The van der Waals surface area contributed by atoms with Gasteiger partial charge in [-0.15, -0.1) is 0 Å². The zero-order chi connectivity index (χ0) is 25.0. The Kier molecular flexibility index (Phi) is 7.15. The Hall–Kier alpha value is -4.40. The second-order valence-electron chi connectivity index (χ2n) is 7.15. The van der Waals surface area contributed by atoms with Crippen LogP contribution >= 0.6 is 0 Å². The van der Waals surface area contributed by atoms with Gasteiger partial charge in [0.1, 0.15) is 39.5 Å². The second-order valence-corrected chi connectivity index (χ2v) is 7.15. The highest BCUT2D eigenvalue weighted by Crippen LogP contribution is 2.30. The quantitative estimate of drug-likeness (QED) is 0.317. The smallest absolute Gasteiger partial charge is 0.347 e. The first-order valence-electron chi connectivity index (χ1n) is 10.0. The third-order valence-corrected chi connectivity index (χ3v) is 4.95. The van der Waals surface area contributed by atoms with Crippen molar-refractivity contribution in [2.75, 3.05) is 21.3 Å². The van der Waals surface area contributed by atoms with Crippen molar-refractivity contribution in [2.45, 2.75) is 13.8 Å². The van der Waals surface area contributed by atoms with E-state index in [0.29, 0.717) is 39.2 Å². The van der Waals surface area contributed by atoms with Gasteiger partial charge in [-0.1, -0.05) is 0 Å². The number of carbonyl (C=O) groups is 2. The van der Waals surface area contributed by atoms with E-state index < -0.39 is 11.3 Å². The second kappa shape index (κ2) is 10.0. The number of hydrogen-bond acceptors (Lipinski definition) is 9. The van der Waals surface area contributed by atoms with Gasteiger partial charge >= 0.3 is 11.3 Å². The maximum atomic E-state index is 11.6. The molecule has 0 fully saturated rings. The molecule has 0 amide bonds. The minimum Gasteiger partial charge on any atom is -0.497 e. The fourth-order valence-corrected chi connectivity index (χ4v) is 3.16. The molecular formula is C25H22O9. The number of ether oxygens (including phenoxy) is 3. The summed E-state index contributed by atoms with van der Waals surface area (Å²) in [5, 5.41) is 1.26. The molecule has 2 aromatic carbocycles. The molecule has 2 heterocycles. The number of benzene rings is 2. The zero-order valence-corrected chi connectivity index (χ0v) is 19.2. The van der Waals surface area contributed by atoms with Gasteiger partial charge in [0.15, 0.2) is 11.6 Å². The van der Waals surface area contributed by atoms with Crippen LogP contribution in [0.25, 0.3) is 21.9 Å². The first-order chi connectivity index (χ1) is 16.2. The van der Waals surface area contributed by atoms with Crippen molar-refractivity contribution in [1.82, 2.24) is 0 Å². The van der Waals surface area contributed by atoms with Crippen LogP contribution in [-0.2, 0) is 0 Å². The lowest BCUT2D eigenvalue weighted by Gasteiger charge is -2.08. The van der Waals surface area contributed by atoms with Crippen molar-refractivity contribution in [3.63, 3.8) is 0 Å². The Morgan fingerprint density at radius 3 is 1.79 bits per heavy atom. The molecule has 0 saturated heterocycles. The van der Waals surface area contributed by atoms with Gasteiger partial charge < -0.3 is 23.0 Å². The van der Waals surface area contributed by atoms with Crippen molar-refractivity contribution in [1.29, 1.82) is 0 Å². The number of methoxy groups -OCH3 is 3. The first kappa shape index (κ1) is 24.2. The summed E-state index contributed by atoms with van der Waals surface area (Å²) in [6.45, 7) is 2.65. The Labute approximate surface area is 193 Å². The Balaban J connectivity index is 0.000000192. The van der Waals surface area contributed by atoms with Crippen molar-refractivity contribution < 1.29 is 32.6 Å². The van der Waals surface area contributed by atoms with Gasteiger partial charge in [-0.25, -0.2) is 9.59 Å². The van der Waals surface area contributed by atoms with Crippen molar-refractivity contribution >= 4 is 33.5 Å². The maximum absolute atomic E-state index is 11.6. The monoisotopic (exact) mass is 466 g/mol. The summed E-state index contributed by atoms with van der Waals surface area (Å²) in [6, 6.07) is 11.3. The molecule has 0 radical (unpaired) electrons. The highest BCUT2D eigenvalue weighted by atomic mass is 16.5. The highest BCUT2D eigenvalue weighted by Gasteiger charge is 2.14. The van der Waals surface area contributed by atoms with Crippen LogP contribution in [0.3, 0.4) is 0 Å². The molecule has 4 rings (SSSR count). The average Bonchev–Trinajstić information content (AvgIpc) is 2.81. The lowest BCUT2D eigenvalue weighted by molar-refractivity contribution is 0.100. The summed E-state index contributed by atoms with van der Waals surface area (Å²) >= 11 is 0. The number of carbonyl (C=O) groups excluding carboxylic acids is 2. The SMILES string of the molecule is COc1cc(OC)c2cc(C(C)=O)c(=O)oc2c1.COc1ccc2cc(C(C)=O)c(=O)oc2c1. The van der Waals surface area contributed by atoms with E-state index in [0.717, 1.165) is 0 Å². The Morgan fingerprint density at radius 1 is 0.676 bits per heavy atom. The summed E-state index contributed by atoms with van der Waals surface area (Å²) in [4.78, 5) is 45.5. The molecule has 0 atom stereocenters. The lowest BCUT2D eigenvalue weighted by atomic mass is 10.1. The van der Waals surface area contributed by atoms with Crippen LogP contribution in [0, 0.1) is 0 Å². The molecule has 0 saturated carbocycles. The van der Waals surface area contributed by atoms with Gasteiger partial charge in [-0.2, -0.15) is 0 Å². The van der Waals surface area contributed by atoms with E-state index in [-0.39, 0.29) is 22.7 Å². The van der Waals surface area contributed by atoms with Crippen molar-refractivity contribution in [3.05, 3.63) is 74.4 Å². The van der Waals surface area contributed by atoms with E-state index in [9.17, 15) is 19.2 Å². The minimum absolute atomic E-state index is 0.00552. The van der Waals surface area contributed by atoms with E-state index in [2.05, 4.69) is 0 Å².